The van der Waals surface area contributed by atoms with Crippen molar-refractivity contribution < 1.29 is 25.8 Å². The number of ether oxygens (including phenoxy) is 1. The van der Waals surface area contributed by atoms with Crippen molar-refractivity contribution in [2.45, 2.75) is 66.2 Å². The molecule has 282 valence electrons. The number of anilines is 2. The van der Waals surface area contributed by atoms with Crippen LogP contribution in [0.5, 0.6) is 11.5 Å². The fourth-order valence-corrected chi connectivity index (χ4v) is 7.31. The molecule has 0 unspecified atom stereocenters. The van der Waals surface area contributed by atoms with Crippen molar-refractivity contribution in [2.75, 3.05) is 9.80 Å². The van der Waals surface area contributed by atoms with Crippen molar-refractivity contribution >= 4 is 33.2 Å². The summed E-state index contributed by atoms with van der Waals surface area (Å²) in [5.41, 5.74) is 8.77. The van der Waals surface area contributed by atoms with Gasteiger partial charge in [-0.2, -0.15) is 12.1 Å². The Bertz CT molecular complexity index is 2500. The third-order valence-electron chi connectivity index (χ3n) is 10.5. The molecule has 55 heavy (non-hydrogen) atoms. The maximum absolute atomic E-state index is 6.52. The number of para-hydroxylation sites is 1. The summed E-state index contributed by atoms with van der Waals surface area (Å²) in [4.78, 5) is 9.24. The maximum atomic E-state index is 6.52. The van der Waals surface area contributed by atoms with Gasteiger partial charge in [0.1, 0.15) is 5.82 Å². The molecule has 7 aromatic rings. The van der Waals surface area contributed by atoms with Crippen LogP contribution in [0.4, 0.5) is 11.4 Å². The zero-order chi connectivity index (χ0) is 37.8. The van der Waals surface area contributed by atoms with Crippen LogP contribution >= 0.6 is 0 Å². The molecular formula is C49H47N4OPt-3. The number of aromatic nitrogens is 2. The summed E-state index contributed by atoms with van der Waals surface area (Å²) in [6, 6.07) is 49.6. The van der Waals surface area contributed by atoms with E-state index in [0.29, 0.717) is 11.5 Å². The van der Waals surface area contributed by atoms with Crippen LogP contribution in [0.3, 0.4) is 0 Å². The quantitative estimate of drug-likeness (QED) is 0.149. The van der Waals surface area contributed by atoms with Gasteiger partial charge in [0.25, 0.3) is 0 Å². The van der Waals surface area contributed by atoms with Gasteiger partial charge in [-0.15, -0.1) is 48.1 Å². The molecule has 5 aromatic carbocycles. The fourth-order valence-electron chi connectivity index (χ4n) is 7.31. The van der Waals surface area contributed by atoms with Gasteiger partial charge in [-0.1, -0.05) is 122 Å². The zero-order valence-electron chi connectivity index (χ0n) is 32.8. The standard InChI is InChI=1S/C49H47N4O.Pt/c1-47(2,3)36-27-28-50-46(29-36)53-43-20-13-12-19-41(43)42-26-25-40(31-44(42)53)54-39-18-14-17-38(30-39)51-32-45(48(4,5)6)52(33-51)37-23-21-35(22-24-37)49(7,8)34-15-10-9-11-16-34;/h9-29,32-33H,1-8H3;/q-3;. The second-order valence-corrected chi connectivity index (χ2v) is 16.8. The van der Waals surface area contributed by atoms with Gasteiger partial charge >= 0.3 is 0 Å². The van der Waals surface area contributed by atoms with E-state index in [-0.39, 0.29) is 37.3 Å². The Morgan fingerprint density at radius 3 is 2.04 bits per heavy atom. The number of rotatable bonds is 7. The Hall–Kier alpha value is -5.12. The Kier molecular flexibility index (Phi) is 10.1. The third kappa shape index (κ3) is 7.35. The van der Waals surface area contributed by atoms with E-state index < -0.39 is 0 Å². The molecule has 3 heterocycles. The Morgan fingerprint density at radius 1 is 0.618 bits per heavy atom. The van der Waals surface area contributed by atoms with Crippen molar-refractivity contribution in [3.8, 4) is 17.3 Å². The van der Waals surface area contributed by atoms with Crippen LogP contribution in [0, 0.1) is 24.2 Å². The van der Waals surface area contributed by atoms with Gasteiger partial charge in [0, 0.05) is 66.5 Å². The normalized spacial score (nSPS) is 13.6. The fraction of sp³-hybridized carbons (Fsp3) is 0.224. The molecule has 0 bridgehead atoms. The first-order valence-corrected chi connectivity index (χ1v) is 18.7. The van der Waals surface area contributed by atoms with Crippen LogP contribution in [0.25, 0.3) is 27.6 Å². The van der Waals surface area contributed by atoms with Crippen LogP contribution in [-0.2, 0) is 31.9 Å². The van der Waals surface area contributed by atoms with E-state index in [1.807, 2.05) is 24.4 Å². The number of fused-ring (bicyclic) bond motifs is 3. The molecule has 1 aliphatic heterocycles. The number of pyridine rings is 1. The summed E-state index contributed by atoms with van der Waals surface area (Å²) < 4.78 is 8.71. The van der Waals surface area contributed by atoms with Crippen LogP contribution in [0.15, 0.2) is 139 Å². The minimum Gasteiger partial charge on any atom is -0.509 e. The molecule has 0 radical (unpaired) electrons. The average Bonchev–Trinajstić information content (AvgIpc) is 3.76. The van der Waals surface area contributed by atoms with E-state index in [1.54, 1.807) is 0 Å². The van der Waals surface area contributed by atoms with Gasteiger partial charge < -0.3 is 19.1 Å². The Morgan fingerprint density at radius 2 is 1.31 bits per heavy atom. The van der Waals surface area contributed by atoms with E-state index in [0.717, 1.165) is 39.0 Å². The van der Waals surface area contributed by atoms with E-state index in [4.69, 9.17) is 9.72 Å². The minimum atomic E-state index is -0.106. The van der Waals surface area contributed by atoms with Crippen LogP contribution in [0.1, 0.15) is 72.1 Å². The van der Waals surface area contributed by atoms with E-state index in [2.05, 4.69) is 198 Å². The molecule has 1 aliphatic rings. The predicted octanol–water partition coefficient (Wildman–Crippen LogP) is 12.5. The van der Waals surface area contributed by atoms with Crippen molar-refractivity contribution in [3.63, 3.8) is 0 Å². The summed E-state index contributed by atoms with van der Waals surface area (Å²) in [7, 11) is 0. The molecular weight excluding hydrogens is 856 g/mol. The van der Waals surface area contributed by atoms with Gasteiger partial charge in [-0.25, -0.2) is 4.98 Å². The minimum absolute atomic E-state index is 0. The average molecular weight is 903 g/mol. The van der Waals surface area contributed by atoms with E-state index >= 15 is 0 Å². The summed E-state index contributed by atoms with van der Waals surface area (Å²) in [6.07, 6.45) is 4.10. The van der Waals surface area contributed by atoms with E-state index in [9.17, 15) is 0 Å². The molecule has 0 aliphatic carbocycles. The van der Waals surface area contributed by atoms with Crippen LogP contribution in [0.2, 0.25) is 0 Å². The second-order valence-electron chi connectivity index (χ2n) is 16.8. The SMILES string of the molecule is CC(C)(C)C1=CN(c2[c-]c(Oc3[c-]c4c(cc3)c3ccccc3n4-c3cc(C(C)(C)C)ccn3)ccc2)[CH-]N1c1ccc(C(C)(C)c2ccccc2)cc1.[Pt]. The number of hydrogen-bond donors (Lipinski definition) is 0. The van der Waals surface area contributed by atoms with Crippen molar-refractivity contribution in [1.82, 2.24) is 9.55 Å². The van der Waals surface area contributed by atoms with Crippen molar-refractivity contribution in [2.24, 2.45) is 5.41 Å². The van der Waals surface area contributed by atoms with Gasteiger partial charge in [0.15, 0.2) is 0 Å². The summed E-state index contributed by atoms with van der Waals surface area (Å²) in [5.74, 6) is 2.09. The summed E-state index contributed by atoms with van der Waals surface area (Å²) >= 11 is 0. The first-order chi connectivity index (χ1) is 25.8. The zero-order valence-corrected chi connectivity index (χ0v) is 35.1. The number of benzene rings is 5. The van der Waals surface area contributed by atoms with Crippen molar-refractivity contribution in [1.29, 1.82) is 0 Å². The number of hydrogen-bond acceptors (Lipinski definition) is 4. The molecule has 0 saturated carbocycles. The van der Waals surface area contributed by atoms with Gasteiger partial charge in [-0.3, -0.25) is 0 Å². The van der Waals surface area contributed by atoms with Crippen molar-refractivity contribution in [3.05, 3.63) is 175 Å². The maximum Gasteiger partial charge on any atom is 0.135 e. The molecule has 8 rings (SSSR count). The topological polar surface area (TPSA) is 33.5 Å². The Balaban J connectivity index is 0.00000465. The monoisotopic (exact) mass is 902 g/mol. The summed E-state index contributed by atoms with van der Waals surface area (Å²) in [6.45, 7) is 20.1. The predicted molar refractivity (Wildman–Crippen MR) is 223 cm³/mol. The van der Waals surface area contributed by atoms with E-state index in [1.165, 1.54) is 22.4 Å². The van der Waals surface area contributed by atoms with Gasteiger partial charge in [0.05, 0.1) is 0 Å². The van der Waals surface area contributed by atoms with Gasteiger partial charge in [-0.05, 0) is 64.0 Å². The smallest absolute Gasteiger partial charge is 0.135 e. The molecule has 0 saturated heterocycles. The number of nitrogens with zero attached hydrogens (tertiary/aromatic N) is 4. The second kappa shape index (κ2) is 14.5. The molecule has 0 amide bonds. The van der Waals surface area contributed by atoms with Crippen LogP contribution < -0.4 is 14.5 Å². The van der Waals surface area contributed by atoms with Crippen LogP contribution in [-0.4, -0.2) is 9.55 Å². The largest absolute Gasteiger partial charge is 0.509 e. The molecule has 0 spiro atoms. The summed E-state index contributed by atoms with van der Waals surface area (Å²) in [5, 5.41) is 2.25. The third-order valence-corrected chi connectivity index (χ3v) is 10.5. The van der Waals surface area contributed by atoms with Gasteiger partial charge in [0.2, 0.25) is 0 Å². The molecule has 0 fully saturated rings. The molecule has 0 atom stereocenters. The number of allylic oxidation sites excluding steroid dienone is 1. The molecule has 5 nitrogen and oxygen atoms in total. The molecule has 0 N–H and O–H groups in total. The molecule has 6 heteroatoms. The Labute approximate surface area is 340 Å². The first kappa shape index (κ1) is 38.2. The first-order valence-electron chi connectivity index (χ1n) is 18.7. The molecule has 2 aromatic heterocycles.